The number of esters is 1. The Hall–Kier alpha value is -2.03. The van der Waals surface area contributed by atoms with E-state index in [9.17, 15) is 4.79 Å². The van der Waals surface area contributed by atoms with Gasteiger partial charge in [-0.1, -0.05) is 24.3 Å². The fourth-order valence-electron chi connectivity index (χ4n) is 2.16. The van der Waals surface area contributed by atoms with E-state index in [0.717, 1.165) is 34.9 Å². The fraction of sp³-hybridized carbons (Fsp3) is 0.312. The van der Waals surface area contributed by atoms with E-state index in [1.54, 1.807) is 7.11 Å². The highest BCUT2D eigenvalue weighted by molar-refractivity contribution is 5.85. The van der Waals surface area contributed by atoms with Crippen molar-refractivity contribution < 1.29 is 14.3 Å². The predicted octanol–water partition coefficient (Wildman–Crippen LogP) is 3.30. The van der Waals surface area contributed by atoms with Crippen molar-refractivity contribution in [3.05, 3.63) is 42.0 Å². The molecule has 1 saturated carbocycles. The molecule has 0 radical (unpaired) electrons. The van der Waals surface area contributed by atoms with Crippen molar-refractivity contribution in [1.29, 1.82) is 0 Å². The van der Waals surface area contributed by atoms with Crippen LogP contribution in [-0.4, -0.2) is 13.1 Å². The van der Waals surface area contributed by atoms with Gasteiger partial charge in [-0.15, -0.1) is 0 Å². The summed E-state index contributed by atoms with van der Waals surface area (Å²) >= 11 is 0. The van der Waals surface area contributed by atoms with Gasteiger partial charge in [-0.2, -0.15) is 0 Å². The Morgan fingerprint density at radius 2 is 1.89 bits per heavy atom. The normalized spacial score (nSPS) is 14.4. The van der Waals surface area contributed by atoms with E-state index in [4.69, 9.17) is 9.47 Å². The Bertz CT molecular complexity index is 614. The Morgan fingerprint density at radius 1 is 1.21 bits per heavy atom. The average Bonchev–Trinajstić information content (AvgIpc) is 3.28. The SMILES string of the molecule is COc1cc2ccccc2cc1COC(=O)C1CC1. The third-order valence-corrected chi connectivity index (χ3v) is 3.43. The molecule has 1 fully saturated rings. The Kier molecular flexibility index (Phi) is 3.11. The van der Waals surface area contributed by atoms with Gasteiger partial charge in [0.05, 0.1) is 13.0 Å². The third kappa shape index (κ3) is 2.55. The number of hydrogen-bond donors (Lipinski definition) is 0. The molecule has 0 aliphatic heterocycles. The Labute approximate surface area is 112 Å². The first-order valence-corrected chi connectivity index (χ1v) is 6.50. The number of benzene rings is 2. The first-order valence-electron chi connectivity index (χ1n) is 6.50. The van der Waals surface area contributed by atoms with Crippen molar-refractivity contribution in [2.45, 2.75) is 19.4 Å². The number of carbonyl (C=O) groups is 1. The first-order chi connectivity index (χ1) is 9.28. The summed E-state index contributed by atoms with van der Waals surface area (Å²) in [5.74, 6) is 0.809. The summed E-state index contributed by atoms with van der Waals surface area (Å²) in [6, 6.07) is 12.1. The van der Waals surface area contributed by atoms with Gasteiger partial charge in [-0.3, -0.25) is 4.79 Å². The van der Waals surface area contributed by atoms with Crippen LogP contribution in [-0.2, 0) is 16.1 Å². The lowest BCUT2D eigenvalue weighted by molar-refractivity contribution is -0.146. The summed E-state index contributed by atoms with van der Waals surface area (Å²) in [5, 5.41) is 2.25. The van der Waals surface area contributed by atoms with E-state index in [2.05, 4.69) is 0 Å². The maximum absolute atomic E-state index is 11.6. The minimum Gasteiger partial charge on any atom is -0.496 e. The van der Waals surface area contributed by atoms with E-state index in [1.165, 1.54) is 0 Å². The van der Waals surface area contributed by atoms with E-state index in [0.29, 0.717) is 0 Å². The minimum absolute atomic E-state index is 0.0878. The summed E-state index contributed by atoms with van der Waals surface area (Å²) in [7, 11) is 1.64. The van der Waals surface area contributed by atoms with Gasteiger partial charge < -0.3 is 9.47 Å². The van der Waals surface area contributed by atoms with Crippen LogP contribution in [0, 0.1) is 5.92 Å². The maximum Gasteiger partial charge on any atom is 0.309 e. The molecule has 1 aliphatic carbocycles. The zero-order chi connectivity index (χ0) is 13.2. The summed E-state index contributed by atoms with van der Waals surface area (Å²) in [5.41, 5.74) is 0.912. The summed E-state index contributed by atoms with van der Waals surface area (Å²) in [4.78, 5) is 11.6. The third-order valence-electron chi connectivity index (χ3n) is 3.43. The number of rotatable bonds is 4. The molecule has 0 spiro atoms. The summed E-state index contributed by atoms with van der Waals surface area (Å²) in [6.45, 7) is 0.281. The van der Waals surface area contributed by atoms with E-state index in [-0.39, 0.29) is 18.5 Å². The molecule has 0 aromatic heterocycles. The highest BCUT2D eigenvalue weighted by Gasteiger charge is 2.31. The second-order valence-electron chi connectivity index (χ2n) is 4.89. The van der Waals surface area contributed by atoms with E-state index in [1.807, 2.05) is 36.4 Å². The summed E-state index contributed by atoms with van der Waals surface area (Å²) in [6.07, 6.45) is 1.93. The van der Waals surface area contributed by atoms with E-state index >= 15 is 0 Å². The highest BCUT2D eigenvalue weighted by Crippen LogP contribution is 2.31. The second kappa shape index (κ2) is 4.92. The van der Waals surface area contributed by atoms with Crippen molar-refractivity contribution >= 4 is 16.7 Å². The van der Waals surface area contributed by atoms with Gasteiger partial charge in [-0.05, 0) is 35.7 Å². The lowest BCUT2D eigenvalue weighted by atomic mass is 10.1. The molecule has 2 aromatic carbocycles. The molecule has 0 atom stereocenters. The lowest BCUT2D eigenvalue weighted by Gasteiger charge is -2.11. The molecular formula is C16H16O3. The van der Waals surface area contributed by atoms with Crippen molar-refractivity contribution in [2.24, 2.45) is 5.92 Å². The molecule has 0 unspecified atom stereocenters. The minimum atomic E-state index is -0.0878. The van der Waals surface area contributed by atoms with Crippen LogP contribution in [0.5, 0.6) is 5.75 Å². The largest absolute Gasteiger partial charge is 0.496 e. The van der Waals surface area contributed by atoms with Crippen LogP contribution < -0.4 is 4.74 Å². The number of carbonyl (C=O) groups excluding carboxylic acids is 1. The molecule has 0 heterocycles. The van der Waals surface area contributed by atoms with Crippen LogP contribution in [0.15, 0.2) is 36.4 Å². The van der Waals surface area contributed by atoms with Gasteiger partial charge in [0, 0.05) is 5.56 Å². The van der Waals surface area contributed by atoms with Gasteiger partial charge in [0.1, 0.15) is 12.4 Å². The zero-order valence-corrected chi connectivity index (χ0v) is 10.9. The van der Waals surface area contributed by atoms with Gasteiger partial charge in [0.2, 0.25) is 0 Å². The number of fused-ring (bicyclic) bond motifs is 1. The van der Waals surface area contributed by atoms with E-state index < -0.39 is 0 Å². The van der Waals surface area contributed by atoms with Gasteiger partial charge in [0.15, 0.2) is 0 Å². The number of hydrogen-bond acceptors (Lipinski definition) is 3. The van der Waals surface area contributed by atoms with Crippen molar-refractivity contribution in [3.8, 4) is 5.75 Å². The molecule has 0 amide bonds. The van der Waals surface area contributed by atoms with Gasteiger partial charge in [0.25, 0.3) is 0 Å². The zero-order valence-electron chi connectivity index (χ0n) is 10.9. The van der Waals surface area contributed by atoms with Crippen LogP contribution in [0.25, 0.3) is 10.8 Å². The molecular weight excluding hydrogens is 240 g/mol. The van der Waals surface area contributed by atoms with Crippen molar-refractivity contribution in [1.82, 2.24) is 0 Å². The van der Waals surface area contributed by atoms with Crippen molar-refractivity contribution in [3.63, 3.8) is 0 Å². The van der Waals surface area contributed by atoms with Crippen LogP contribution >= 0.6 is 0 Å². The monoisotopic (exact) mass is 256 g/mol. The molecule has 3 nitrogen and oxygen atoms in total. The highest BCUT2D eigenvalue weighted by atomic mass is 16.5. The van der Waals surface area contributed by atoms with Crippen LogP contribution in [0.3, 0.4) is 0 Å². The van der Waals surface area contributed by atoms with Crippen LogP contribution in [0.4, 0.5) is 0 Å². The number of ether oxygens (including phenoxy) is 2. The van der Waals surface area contributed by atoms with Crippen LogP contribution in [0.2, 0.25) is 0 Å². The topological polar surface area (TPSA) is 35.5 Å². The number of methoxy groups -OCH3 is 1. The predicted molar refractivity (Wildman–Crippen MR) is 73.0 cm³/mol. The Balaban J connectivity index is 1.85. The average molecular weight is 256 g/mol. The summed E-state index contributed by atoms with van der Waals surface area (Å²) < 4.78 is 10.7. The molecule has 3 heteroatoms. The smallest absolute Gasteiger partial charge is 0.309 e. The second-order valence-corrected chi connectivity index (χ2v) is 4.89. The van der Waals surface area contributed by atoms with Gasteiger partial charge >= 0.3 is 5.97 Å². The molecule has 98 valence electrons. The maximum atomic E-state index is 11.6. The van der Waals surface area contributed by atoms with Gasteiger partial charge in [-0.25, -0.2) is 0 Å². The molecule has 2 aromatic rings. The standard InChI is InChI=1S/C16H16O3/c1-18-15-9-13-5-3-2-4-12(13)8-14(15)10-19-16(17)11-6-7-11/h2-5,8-9,11H,6-7,10H2,1H3. The molecule has 3 rings (SSSR count). The lowest BCUT2D eigenvalue weighted by Crippen LogP contribution is -2.07. The van der Waals surface area contributed by atoms with Crippen molar-refractivity contribution in [2.75, 3.05) is 7.11 Å². The Morgan fingerprint density at radius 3 is 2.53 bits per heavy atom. The molecule has 0 bridgehead atoms. The first kappa shape index (κ1) is 12.0. The quantitative estimate of drug-likeness (QED) is 0.787. The molecule has 19 heavy (non-hydrogen) atoms. The fourth-order valence-corrected chi connectivity index (χ4v) is 2.16. The molecule has 0 saturated heterocycles. The van der Waals surface area contributed by atoms with Crippen LogP contribution in [0.1, 0.15) is 18.4 Å². The molecule has 1 aliphatic rings. The molecule has 0 N–H and O–H groups in total.